The number of ether oxygens (including phenoxy) is 1. The Hall–Kier alpha value is -1.69. The summed E-state index contributed by atoms with van der Waals surface area (Å²) in [7, 11) is 2.10. The molecule has 1 aliphatic carbocycles. The molecular formula is C20H32N4O2. The lowest BCUT2D eigenvalue weighted by molar-refractivity contribution is -0.128. The van der Waals surface area contributed by atoms with Crippen molar-refractivity contribution in [2.24, 2.45) is 5.92 Å². The van der Waals surface area contributed by atoms with Gasteiger partial charge in [-0.2, -0.15) is 0 Å². The van der Waals surface area contributed by atoms with Gasteiger partial charge in [0.15, 0.2) is 0 Å². The lowest BCUT2D eigenvalue weighted by atomic mass is 9.95. The third-order valence-corrected chi connectivity index (χ3v) is 5.86. The van der Waals surface area contributed by atoms with Crippen LogP contribution in [0.1, 0.15) is 69.2 Å². The van der Waals surface area contributed by atoms with Crippen molar-refractivity contribution in [3.8, 4) is 0 Å². The van der Waals surface area contributed by atoms with Crippen molar-refractivity contribution in [1.29, 1.82) is 0 Å². The fourth-order valence-electron chi connectivity index (χ4n) is 4.06. The Kier molecular flexibility index (Phi) is 6.46. The predicted octanol–water partition coefficient (Wildman–Crippen LogP) is 3.16. The average molecular weight is 361 g/mol. The molecule has 1 saturated heterocycles. The number of aromatic nitrogens is 2. The van der Waals surface area contributed by atoms with Crippen molar-refractivity contribution >= 4 is 11.9 Å². The van der Waals surface area contributed by atoms with Crippen LogP contribution in [0.3, 0.4) is 0 Å². The summed E-state index contributed by atoms with van der Waals surface area (Å²) in [6, 6.07) is 0.457. The highest BCUT2D eigenvalue weighted by Gasteiger charge is 2.25. The van der Waals surface area contributed by atoms with E-state index < -0.39 is 0 Å². The summed E-state index contributed by atoms with van der Waals surface area (Å²) >= 11 is 0. The number of hydrogen-bond donors (Lipinski definition) is 1. The molecule has 2 fully saturated rings. The summed E-state index contributed by atoms with van der Waals surface area (Å²) in [4.78, 5) is 24.0. The summed E-state index contributed by atoms with van der Waals surface area (Å²) in [6.45, 7) is 5.37. The van der Waals surface area contributed by atoms with Gasteiger partial charge >= 0.3 is 0 Å². The van der Waals surface area contributed by atoms with Crippen molar-refractivity contribution in [3.63, 3.8) is 0 Å². The van der Waals surface area contributed by atoms with Crippen LogP contribution in [0.5, 0.6) is 0 Å². The first-order valence-electron chi connectivity index (χ1n) is 10.0. The highest BCUT2D eigenvalue weighted by atomic mass is 16.5. The number of carbonyl (C=O) groups is 1. The van der Waals surface area contributed by atoms with Crippen LogP contribution in [0.2, 0.25) is 0 Å². The molecule has 1 aromatic rings. The van der Waals surface area contributed by atoms with E-state index in [2.05, 4.69) is 22.2 Å². The lowest BCUT2D eigenvalue weighted by Gasteiger charge is -2.31. The van der Waals surface area contributed by atoms with Crippen LogP contribution < -0.4 is 10.2 Å². The van der Waals surface area contributed by atoms with E-state index in [4.69, 9.17) is 9.72 Å². The minimum absolute atomic E-state index is 0.0594. The molecule has 6 heteroatoms. The topological polar surface area (TPSA) is 67.4 Å². The number of amides is 1. The molecule has 3 rings (SSSR count). The van der Waals surface area contributed by atoms with Gasteiger partial charge in [-0.25, -0.2) is 9.97 Å². The van der Waals surface area contributed by atoms with E-state index in [-0.39, 0.29) is 17.9 Å². The summed E-state index contributed by atoms with van der Waals surface area (Å²) in [5, 5.41) is 3.13. The number of anilines is 1. The van der Waals surface area contributed by atoms with Gasteiger partial charge < -0.3 is 15.0 Å². The Morgan fingerprint density at radius 2 is 1.92 bits per heavy atom. The van der Waals surface area contributed by atoms with E-state index in [1.165, 1.54) is 32.1 Å². The van der Waals surface area contributed by atoms with Crippen molar-refractivity contribution in [2.75, 3.05) is 25.2 Å². The van der Waals surface area contributed by atoms with Crippen molar-refractivity contribution < 1.29 is 9.53 Å². The van der Waals surface area contributed by atoms with E-state index in [9.17, 15) is 4.79 Å². The Balaban J connectivity index is 1.63. The zero-order valence-corrected chi connectivity index (χ0v) is 16.3. The number of rotatable bonds is 5. The molecule has 1 N–H and O–H groups in total. The maximum atomic E-state index is 12.5. The standard InChI is InChI=1S/C20H32N4O2/c1-14(22-19(25)16-9-11-26-12-10-16)18-13-21-20(23-15(18)2)24(3)17-7-5-4-6-8-17/h13-14,16-17H,4-12H2,1-3H3,(H,22,25). The van der Waals surface area contributed by atoms with Crippen LogP contribution in [-0.2, 0) is 9.53 Å². The number of aryl methyl sites for hydroxylation is 1. The summed E-state index contributed by atoms with van der Waals surface area (Å²) < 4.78 is 5.34. The Labute approximate surface area is 156 Å². The molecule has 144 valence electrons. The first-order valence-corrected chi connectivity index (χ1v) is 10.0. The van der Waals surface area contributed by atoms with Crippen LogP contribution in [0.25, 0.3) is 0 Å². The fourth-order valence-corrected chi connectivity index (χ4v) is 4.06. The van der Waals surface area contributed by atoms with E-state index in [0.717, 1.165) is 30.0 Å². The maximum Gasteiger partial charge on any atom is 0.225 e. The Morgan fingerprint density at radius 1 is 1.23 bits per heavy atom. The Bertz CT molecular complexity index is 610. The largest absolute Gasteiger partial charge is 0.381 e. The molecule has 2 aliphatic rings. The van der Waals surface area contributed by atoms with E-state index in [1.54, 1.807) is 0 Å². The third kappa shape index (κ3) is 4.53. The van der Waals surface area contributed by atoms with Crippen molar-refractivity contribution in [1.82, 2.24) is 15.3 Å². The third-order valence-electron chi connectivity index (χ3n) is 5.86. The number of nitrogens with zero attached hydrogens (tertiary/aromatic N) is 3. The molecule has 0 aromatic carbocycles. The fraction of sp³-hybridized carbons (Fsp3) is 0.750. The smallest absolute Gasteiger partial charge is 0.225 e. The van der Waals surface area contributed by atoms with Gasteiger partial charge in [0.1, 0.15) is 0 Å². The van der Waals surface area contributed by atoms with Crippen molar-refractivity contribution in [2.45, 2.75) is 70.9 Å². The van der Waals surface area contributed by atoms with E-state index in [0.29, 0.717) is 19.3 Å². The second kappa shape index (κ2) is 8.80. The summed E-state index contributed by atoms with van der Waals surface area (Å²) in [5.41, 5.74) is 1.93. The molecule has 2 heterocycles. The van der Waals surface area contributed by atoms with Gasteiger partial charge in [0.05, 0.1) is 6.04 Å². The summed E-state index contributed by atoms with van der Waals surface area (Å²) in [5.74, 6) is 0.967. The predicted molar refractivity (Wildman–Crippen MR) is 102 cm³/mol. The van der Waals surface area contributed by atoms with Gasteiger partial charge in [-0.3, -0.25) is 4.79 Å². The van der Waals surface area contributed by atoms with E-state index in [1.807, 2.05) is 20.0 Å². The van der Waals surface area contributed by atoms with E-state index >= 15 is 0 Å². The van der Waals surface area contributed by atoms with Gasteiger partial charge in [-0.1, -0.05) is 19.3 Å². The second-order valence-electron chi connectivity index (χ2n) is 7.73. The van der Waals surface area contributed by atoms with Crippen LogP contribution >= 0.6 is 0 Å². The molecular weight excluding hydrogens is 328 g/mol. The molecule has 1 aromatic heterocycles. The quantitative estimate of drug-likeness (QED) is 0.874. The normalized spacial score (nSPS) is 20.6. The molecule has 1 amide bonds. The first-order chi connectivity index (χ1) is 12.6. The molecule has 1 unspecified atom stereocenters. The molecule has 0 spiro atoms. The van der Waals surface area contributed by atoms with Gasteiger partial charge in [0.25, 0.3) is 0 Å². The van der Waals surface area contributed by atoms with Gasteiger partial charge in [0.2, 0.25) is 11.9 Å². The molecule has 0 radical (unpaired) electrons. The Morgan fingerprint density at radius 3 is 2.58 bits per heavy atom. The van der Waals surface area contributed by atoms with Crippen molar-refractivity contribution in [3.05, 3.63) is 17.5 Å². The van der Waals surface area contributed by atoms with Crippen LogP contribution in [0.4, 0.5) is 5.95 Å². The number of nitrogens with one attached hydrogen (secondary N) is 1. The minimum Gasteiger partial charge on any atom is -0.381 e. The molecule has 26 heavy (non-hydrogen) atoms. The van der Waals surface area contributed by atoms with Crippen LogP contribution in [0.15, 0.2) is 6.20 Å². The zero-order chi connectivity index (χ0) is 18.5. The summed E-state index contributed by atoms with van der Waals surface area (Å²) in [6.07, 6.45) is 9.86. The highest BCUT2D eigenvalue weighted by molar-refractivity contribution is 5.79. The van der Waals surface area contributed by atoms with Crippen LogP contribution in [0, 0.1) is 12.8 Å². The molecule has 1 atom stereocenters. The van der Waals surface area contributed by atoms with Gasteiger partial charge in [0, 0.05) is 49.7 Å². The second-order valence-corrected chi connectivity index (χ2v) is 7.73. The van der Waals surface area contributed by atoms with Gasteiger partial charge in [-0.05, 0) is 39.5 Å². The van der Waals surface area contributed by atoms with Crippen LogP contribution in [-0.4, -0.2) is 42.2 Å². The number of hydrogen-bond acceptors (Lipinski definition) is 5. The number of carbonyl (C=O) groups excluding carboxylic acids is 1. The average Bonchev–Trinajstić information content (AvgIpc) is 2.68. The lowest BCUT2D eigenvalue weighted by Crippen LogP contribution is -2.36. The maximum absolute atomic E-state index is 12.5. The molecule has 1 aliphatic heterocycles. The van der Waals surface area contributed by atoms with Gasteiger partial charge in [-0.15, -0.1) is 0 Å². The molecule has 0 bridgehead atoms. The molecule has 6 nitrogen and oxygen atoms in total. The first kappa shape index (κ1) is 19.1. The minimum atomic E-state index is -0.0839. The zero-order valence-electron chi connectivity index (χ0n) is 16.3. The monoisotopic (exact) mass is 360 g/mol. The highest BCUT2D eigenvalue weighted by Crippen LogP contribution is 2.25. The molecule has 1 saturated carbocycles. The SMILES string of the molecule is Cc1nc(N(C)C2CCCCC2)ncc1C(C)NC(=O)C1CCOCC1.